The van der Waals surface area contributed by atoms with Crippen molar-refractivity contribution in [2.75, 3.05) is 7.05 Å². The molecule has 1 unspecified atom stereocenters. The first-order chi connectivity index (χ1) is 7.27. The lowest BCUT2D eigenvalue weighted by molar-refractivity contribution is 0.279. The fraction of sp³-hybridized carbons (Fsp3) is 0.769. The molecule has 92 valence electrons. The van der Waals surface area contributed by atoms with Crippen molar-refractivity contribution >= 4 is 0 Å². The molecule has 16 heavy (non-hydrogen) atoms. The molecule has 0 aliphatic heterocycles. The third-order valence-electron chi connectivity index (χ3n) is 3.46. The van der Waals surface area contributed by atoms with Gasteiger partial charge in [0, 0.05) is 18.8 Å². The Morgan fingerprint density at radius 1 is 1.31 bits per heavy atom. The van der Waals surface area contributed by atoms with Gasteiger partial charge in [0.15, 0.2) is 0 Å². The third-order valence-corrected chi connectivity index (χ3v) is 3.46. The van der Waals surface area contributed by atoms with Crippen molar-refractivity contribution in [1.82, 2.24) is 15.1 Å². The molecule has 1 aromatic rings. The van der Waals surface area contributed by atoms with Crippen LogP contribution in [0.3, 0.4) is 0 Å². The molecule has 0 fully saturated rings. The van der Waals surface area contributed by atoms with Gasteiger partial charge in [-0.2, -0.15) is 5.10 Å². The Hall–Kier alpha value is -0.830. The van der Waals surface area contributed by atoms with E-state index in [1.165, 1.54) is 11.3 Å². The Balaban J connectivity index is 2.95. The number of nitrogens with zero attached hydrogens (tertiary/aromatic N) is 2. The number of nitrogens with one attached hydrogen (secondary N) is 1. The van der Waals surface area contributed by atoms with Crippen LogP contribution in [0.15, 0.2) is 0 Å². The average molecular weight is 223 g/mol. The molecule has 0 saturated carbocycles. The Labute approximate surface area is 99.2 Å². The predicted octanol–water partition coefficient (Wildman–Crippen LogP) is 2.21. The lowest BCUT2D eigenvalue weighted by atomic mass is 9.83. The van der Waals surface area contributed by atoms with Crippen LogP contribution in [0.25, 0.3) is 0 Å². The van der Waals surface area contributed by atoms with Crippen LogP contribution >= 0.6 is 0 Å². The normalized spacial score (nSPS) is 14.2. The van der Waals surface area contributed by atoms with E-state index in [-0.39, 0.29) is 5.41 Å². The fourth-order valence-corrected chi connectivity index (χ4v) is 2.16. The quantitative estimate of drug-likeness (QED) is 0.851. The fourth-order valence-electron chi connectivity index (χ4n) is 2.16. The summed E-state index contributed by atoms with van der Waals surface area (Å²) in [6, 6.07) is 0.481. The summed E-state index contributed by atoms with van der Waals surface area (Å²) >= 11 is 0. The Morgan fingerprint density at radius 2 is 1.88 bits per heavy atom. The first kappa shape index (κ1) is 13.2. The summed E-state index contributed by atoms with van der Waals surface area (Å²) in [7, 11) is 4.05. The highest BCUT2D eigenvalue weighted by molar-refractivity contribution is 5.25. The highest BCUT2D eigenvalue weighted by Gasteiger charge is 2.25. The van der Waals surface area contributed by atoms with E-state index in [1.54, 1.807) is 0 Å². The van der Waals surface area contributed by atoms with Gasteiger partial charge in [0.2, 0.25) is 0 Å². The molecule has 3 heteroatoms. The molecule has 0 aliphatic rings. The van der Waals surface area contributed by atoms with Crippen molar-refractivity contribution in [3.8, 4) is 0 Å². The molecule has 1 rings (SSSR count). The summed E-state index contributed by atoms with van der Waals surface area (Å²) in [6.45, 7) is 11.1. The minimum atomic E-state index is 0.267. The van der Waals surface area contributed by atoms with E-state index in [0.717, 1.165) is 12.1 Å². The second kappa shape index (κ2) is 4.58. The Kier molecular flexibility index (Phi) is 3.79. The molecule has 0 radical (unpaired) electrons. The van der Waals surface area contributed by atoms with Crippen LogP contribution in [-0.4, -0.2) is 22.9 Å². The molecule has 3 nitrogen and oxygen atoms in total. The summed E-state index contributed by atoms with van der Waals surface area (Å²) in [6.07, 6.45) is 1.05. The standard InChI is InChI=1S/C13H25N3/c1-9-11(10(2)16(7)15-9)8-12(14-6)13(3,4)5/h12,14H,8H2,1-7H3. The number of hydrogen-bond acceptors (Lipinski definition) is 2. The maximum atomic E-state index is 4.47. The number of aryl methyl sites for hydroxylation is 2. The van der Waals surface area contributed by atoms with Crippen LogP contribution < -0.4 is 5.32 Å². The molecule has 0 bridgehead atoms. The van der Waals surface area contributed by atoms with Crippen LogP contribution in [0.1, 0.15) is 37.7 Å². The second-order valence-corrected chi connectivity index (χ2v) is 5.68. The van der Waals surface area contributed by atoms with Gasteiger partial charge >= 0.3 is 0 Å². The molecule has 1 aromatic heterocycles. The minimum absolute atomic E-state index is 0.267. The summed E-state index contributed by atoms with van der Waals surface area (Å²) in [5.74, 6) is 0. The van der Waals surface area contributed by atoms with E-state index < -0.39 is 0 Å². The zero-order chi connectivity index (χ0) is 12.5. The number of likely N-dealkylation sites (N-methyl/N-ethyl adjacent to an activating group) is 1. The zero-order valence-electron chi connectivity index (χ0n) is 11.7. The van der Waals surface area contributed by atoms with Gasteiger partial charge < -0.3 is 5.32 Å². The molecule has 1 heterocycles. The topological polar surface area (TPSA) is 29.9 Å². The summed E-state index contributed by atoms with van der Waals surface area (Å²) in [5.41, 5.74) is 4.09. The maximum Gasteiger partial charge on any atom is 0.0628 e. The molecule has 0 aromatic carbocycles. The Morgan fingerprint density at radius 3 is 2.19 bits per heavy atom. The molecular formula is C13H25N3. The van der Waals surface area contributed by atoms with Gasteiger partial charge in [-0.15, -0.1) is 0 Å². The first-order valence-electron chi connectivity index (χ1n) is 5.93. The van der Waals surface area contributed by atoms with Crippen LogP contribution in [0.2, 0.25) is 0 Å². The summed E-state index contributed by atoms with van der Waals surface area (Å²) in [4.78, 5) is 0. The molecule has 0 aliphatic carbocycles. The number of aromatic nitrogens is 2. The van der Waals surface area contributed by atoms with Crippen molar-refractivity contribution in [1.29, 1.82) is 0 Å². The predicted molar refractivity (Wildman–Crippen MR) is 68.7 cm³/mol. The van der Waals surface area contributed by atoms with Crippen LogP contribution in [0.5, 0.6) is 0 Å². The Bertz CT molecular complexity index is 358. The smallest absolute Gasteiger partial charge is 0.0628 e. The largest absolute Gasteiger partial charge is 0.316 e. The molecule has 1 N–H and O–H groups in total. The summed E-state index contributed by atoms with van der Waals surface area (Å²) < 4.78 is 1.97. The lowest BCUT2D eigenvalue weighted by Gasteiger charge is -2.30. The van der Waals surface area contributed by atoms with E-state index in [4.69, 9.17) is 0 Å². The maximum absolute atomic E-state index is 4.47. The van der Waals surface area contributed by atoms with Crippen LogP contribution in [0.4, 0.5) is 0 Å². The second-order valence-electron chi connectivity index (χ2n) is 5.68. The first-order valence-corrected chi connectivity index (χ1v) is 5.93. The monoisotopic (exact) mass is 223 g/mol. The highest BCUT2D eigenvalue weighted by atomic mass is 15.3. The average Bonchev–Trinajstić information content (AvgIpc) is 2.37. The molecule has 1 atom stereocenters. The molecule has 0 saturated heterocycles. The molecule has 0 amide bonds. The number of rotatable bonds is 3. The van der Waals surface area contributed by atoms with Crippen molar-refractivity contribution in [2.45, 2.75) is 47.1 Å². The van der Waals surface area contributed by atoms with Crippen LogP contribution in [-0.2, 0) is 13.5 Å². The van der Waals surface area contributed by atoms with Crippen molar-refractivity contribution in [3.63, 3.8) is 0 Å². The van der Waals surface area contributed by atoms with E-state index in [9.17, 15) is 0 Å². The van der Waals surface area contributed by atoms with Gasteiger partial charge in [0.05, 0.1) is 5.69 Å². The van der Waals surface area contributed by atoms with Gasteiger partial charge in [-0.25, -0.2) is 0 Å². The van der Waals surface area contributed by atoms with E-state index >= 15 is 0 Å². The van der Waals surface area contributed by atoms with Gasteiger partial charge in [-0.1, -0.05) is 20.8 Å². The van der Waals surface area contributed by atoms with Gasteiger partial charge in [-0.05, 0) is 38.3 Å². The highest BCUT2D eigenvalue weighted by Crippen LogP contribution is 2.24. The summed E-state index contributed by atoms with van der Waals surface area (Å²) in [5, 5.41) is 7.89. The number of hydrogen-bond donors (Lipinski definition) is 1. The SMILES string of the molecule is CNC(Cc1c(C)nn(C)c1C)C(C)(C)C. The van der Waals surface area contributed by atoms with E-state index in [2.05, 4.69) is 45.0 Å². The van der Waals surface area contributed by atoms with Gasteiger partial charge in [0.1, 0.15) is 0 Å². The van der Waals surface area contributed by atoms with Crippen molar-refractivity contribution in [2.24, 2.45) is 12.5 Å². The van der Waals surface area contributed by atoms with Crippen molar-refractivity contribution in [3.05, 3.63) is 17.0 Å². The van der Waals surface area contributed by atoms with Gasteiger partial charge in [-0.3, -0.25) is 4.68 Å². The third kappa shape index (κ3) is 2.64. The molecular weight excluding hydrogens is 198 g/mol. The van der Waals surface area contributed by atoms with Crippen LogP contribution in [0, 0.1) is 19.3 Å². The van der Waals surface area contributed by atoms with Crippen molar-refractivity contribution < 1.29 is 0 Å². The van der Waals surface area contributed by atoms with Gasteiger partial charge in [0.25, 0.3) is 0 Å². The zero-order valence-corrected chi connectivity index (χ0v) is 11.7. The molecule has 0 spiro atoms. The van der Waals surface area contributed by atoms with E-state index in [0.29, 0.717) is 6.04 Å². The lowest BCUT2D eigenvalue weighted by Crippen LogP contribution is -2.40. The minimum Gasteiger partial charge on any atom is -0.316 e. The van der Waals surface area contributed by atoms with E-state index in [1.807, 2.05) is 18.8 Å².